The molecule has 0 saturated carbocycles. The number of pyridine rings is 1. The van der Waals surface area contributed by atoms with Crippen molar-refractivity contribution in [2.45, 2.75) is 0 Å². The maximum Gasteiger partial charge on any atom is 0.295 e. The molecule has 0 fully saturated rings. The monoisotopic (exact) mass is 355 g/mol. The molecule has 8 heteroatoms. The number of non-ortho nitro benzene ring substituents is 1. The number of hydrogen-bond acceptors (Lipinski definition) is 5. The molecule has 0 saturated heterocycles. The molecule has 25 heavy (non-hydrogen) atoms. The lowest BCUT2D eigenvalue weighted by Gasteiger charge is -2.01. The van der Waals surface area contributed by atoms with Crippen LogP contribution in [-0.4, -0.2) is 14.8 Å². The quantitative estimate of drug-likeness (QED) is 0.490. The first-order valence-electron chi connectivity index (χ1n) is 7.12. The zero-order valence-electron chi connectivity index (χ0n) is 12.6. The lowest BCUT2D eigenvalue weighted by molar-refractivity contribution is -0.384. The largest absolute Gasteiger partial charge is 0.295 e. The van der Waals surface area contributed by atoms with Crippen LogP contribution < -0.4 is 0 Å². The summed E-state index contributed by atoms with van der Waals surface area (Å²) >= 11 is 5.78. The Bertz CT molecular complexity index is 1030. The summed E-state index contributed by atoms with van der Waals surface area (Å²) < 4.78 is 0. The molecule has 0 radical (unpaired) electrons. The van der Waals surface area contributed by atoms with Gasteiger partial charge in [-0.15, -0.1) is 0 Å². The Morgan fingerprint density at radius 1 is 0.920 bits per heavy atom. The van der Waals surface area contributed by atoms with Gasteiger partial charge in [0.2, 0.25) is 0 Å². The van der Waals surface area contributed by atoms with E-state index in [1.165, 1.54) is 18.2 Å². The second-order valence-corrected chi connectivity index (χ2v) is 5.55. The van der Waals surface area contributed by atoms with Gasteiger partial charge >= 0.3 is 0 Å². The molecule has 3 aromatic rings. The van der Waals surface area contributed by atoms with Crippen LogP contribution >= 0.6 is 11.6 Å². The fraction of sp³-hybridized carbons (Fsp3) is 0. The zero-order valence-corrected chi connectivity index (χ0v) is 13.4. The molecule has 0 aliphatic rings. The van der Waals surface area contributed by atoms with E-state index >= 15 is 0 Å². The van der Waals surface area contributed by atoms with Crippen LogP contribution in [0.4, 0.5) is 11.4 Å². The van der Waals surface area contributed by atoms with Gasteiger partial charge in [0.25, 0.3) is 11.4 Å². The molecule has 0 N–H and O–H groups in total. The molecule has 1 aromatic heterocycles. The van der Waals surface area contributed by atoms with E-state index in [0.29, 0.717) is 16.6 Å². The topological polar surface area (TPSA) is 99.2 Å². The third-order valence-corrected chi connectivity index (χ3v) is 3.85. The fourth-order valence-corrected chi connectivity index (χ4v) is 2.53. The van der Waals surface area contributed by atoms with E-state index in [0.717, 1.165) is 0 Å². The van der Waals surface area contributed by atoms with Gasteiger partial charge in [0.05, 0.1) is 15.5 Å². The van der Waals surface area contributed by atoms with Gasteiger partial charge in [0.1, 0.15) is 10.5 Å². The van der Waals surface area contributed by atoms with Gasteiger partial charge in [-0.1, -0.05) is 41.9 Å². The molecular weight excluding hydrogens is 346 g/mol. The fourth-order valence-electron chi connectivity index (χ4n) is 2.34. The van der Waals surface area contributed by atoms with Crippen molar-refractivity contribution in [2.75, 3.05) is 0 Å². The number of nitro benzene ring substituents is 2. The van der Waals surface area contributed by atoms with Crippen molar-refractivity contribution in [3.63, 3.8) is 0 Å². The molecule has 1 heterocycles. The van der Waals surface area contributed by atoms with Gasteiger partial charge in [-0.25, -0.2) is 4.98 Å². The number of rotatable bonds is 4. The van der Waals surface area contributed by atoms with E-state index in [-0.39, 0.29) is 21.9 Å². The molecule has 0 unspecified atom stereocenters. The molecule has 7 nitrogen and oxygen atoms in total. The van der Waals surface area contributed by atoms with Crippen molar-refractivity contribution in [1.82, 2.24) is 4.98 Å². The van der Waals surface area contributed by atoms with Gasteiger partial charge < -0.3 is 0 Å². The van der Waals surface area contributed by atoms with Crippen molar-refractivity contribution in [3.8, 4) is 0 Å². The maximum atomic E-state index is 11.1. The minimum Gasteiger partial charge on any atom is -0.258 e. The van der Waals surface area contributed by atoms with Crippen LogP contribution in [0.25, 0.3) is 23.1 Å². The molecule has 3 rings (SSSR count). The summed E-state index contributed by atoms with van der Waals surface area (Å²) in [6, 6.07) is 12.6. The molecule has 0 amide bonds. The summed E-state index contributed by atoms with van der Waals surface area (Å²) in [7, 11) is 0. The smallest absolute Gasteiger partial charge is 0.258 e. The normalized spacial score (nSPS) is 11.1. The minimum atomic E-state index is -0.558. The Hall–Kier alpha value is -3.32. The molecule has 124 valence electrons. The Balaban J connectivity index is 1.99. The maximum absolute atomic E-state index is 11.1. The average Bonchev–Trinajstić information content (AvgIpc) is 2.59. The number of aromatic nitrogens is 1. The van der Waals surface area contributed by atoms with Gasteiger partial charge in [0, 0.05) is 17.5 Å². The average molecular weight is 356 g/mol. The van der Waals surface area contributed by atoms with E-state index in [4.69, 9.17) is 11.6 Å². The van der Waals surface area contributed by atoms with Crippen LogP contribution in [0, 0.1) is 20.2 Å². The Morgan fingerprint density at radius 2 is 1.68 bits per heavy atom. The second kappa shape index (κ2) is 6.66. The number of fused-ring (bicyclic) bond motifs is 1. The second-order valence-electron chi connectivity index (χ2n) is 5.14. The van der Waals surface area contributed by atoms with Crippen LogP contribution in [0.2, 0.25) is 5.02 Å². The lowest BCUT2D eigenvalue weighted by Crippen LogP contribution is -1.92. The van der Waals surface area contributed by atoms with Crippen molar-refractivity contribution in [1.29, 1.82) is 0 Å². The van der Waals surface area contributed by atoms with Gasteiger partial charge in [-0.2, -0.15) is 0 Å². The Kier molecular flexibility index (Phi) is 4.40. The summed E-state index contributed by atoms with van der Waals surface area (Å²) in [6.45, 7) is 0. The van der Waals surface area contributed by atoms with E-state index in [1.807, 2.05) is 0 Å². The number of nitro groups is 2. The molecule has 0 bridgehead atoms. The summed E-state index contributed by atoms with van der Waals surface area (Å²) in [6.07, 6.45) is 3.26. The molecule has 0 aliphatic heterocycles. The summed E-state index contributed by atoms with van der Waals surface area (Å²) in [5.74, 6) is 0. The van der Waals surface area contributed by atoms with E-state index < -0.39 is 9.85 Å². The van der Waals surface area contributed by atoms with Gasteiger partial charge in [-0.05, 0) is 23.8 Å². The highest BCUT2D eigenvalue weighted by atomic mass is 35.5. The third-order valence-electron chi connectivity index (χ3n) is 3.53. The van der Waals surface area contributed by atoms with Crippen LogP contribution in [0.1, 0.15) is 11.3 Å². The first-order chi connectivity index (χ1) is 12.0. The number of nitrogens with zero attached hydrogens (tertiary/aromatic N) is 3. The van der Waals surface area contributed by atoms with Crippen LogP contribution in [-0.2, 0) is 0 Å². The highest BCUT2D eigenvalue weighted by molar-refractivity contribution is 6.32. The predicted octanol–water partition coefficient (Wildman–Crippen LogP) is 4.88. The van der Waals surface area contributed by atoms with Crippen molar-refractivity contribution >= 4 is 46.0 Å². The van der Waals surface area contributed by atoms with Crippen LogP contribution in [0.15, 0.2) is 48.5 Å². The van der Waals surface area contributed by atoms with Crippen molar-refractivity contribution in [2.24, 2.45) is 0 Å². The van der Waals surface area contributed by atoms with E-state index in [1.54, 1.807) is 42.5 Å². The highest BCUT2D eigenvalue weighted by Crippen LogP contribution is 2.27. The summed E-state index contributed by atoms with van der Waals surface area (Å²) in [5, 5.41) is 22.7. The number of hydrogen-bond donors (Lipinski definition) is 0. The molecule has 0 atom stereocenters. The third kappa shape index (κ3) is 3.46. The van der Waals surface area contributed by atoms with Crippen molar-refractivity contribution in [3.05, 3.63) is 85.0 Å². The van der Waals surface area contributed by atoms with Crippen LogP contribution in [0.3, 0.4) is 0 Å². The number of para-hydroxylation sites is 1. The minimum absolute atomic E-state index is 0.0570. The lowest BCUT2D eigenvalue weighted by atomic mass is 10.1. The SMILES string of the molecule is O=[N+]([O-])c1cc(C=Cc2ccc3cccc([N+](=O)[O-])c3n2)ccc1Cl. The number of halogens is 1. The van der Waals surface area contributed by atoms with Gasteiger partial charge in [-0.3, -0.25) is 20.2 Å². The van der Waals surface area contributed by atoms with E-state index in [2.05, 4.69) is 4.98 Å². The summed E-state index contributed by atoms with van der Waals surface area (Å²) in [4.78, 5) is 25.3. The standard InChI is InChI=1S/C17H10ClN3O4/c18-14-9-5-11(10-16(14)21(24)25)4-7-13-8-6-12-2-1-3-15(20(22)23)17(12)19-13/h1-10H. The van der Waals surface area contributed by atoms with Gasteiger partial charge in [0.15, 0.2) is 0 Å². The Labute approximate surface area is 146 Å². The predicted molar refractivity (Wildman–Crippen MR) is 95.4 cm³/mol. The van der Waals surface area contributed by atoms with Crippen molar-refractivity contribution < 1.29 is 9.85 Å². The summed E-state index contributed by atoms with van der Waals surface area (Å²) in [5.41, 5.74) is 1.09. The molecule has 2 aromatic carbocycles. The first-order valence-corrected chi connectivity index (χ1v) is 7.50. The zero-order chi connectivity index (χ0) is 18.0. The molecular formula is C17H10ClN3O4. The van der Waals surface area contributed by atoms with Crippen LogP contribution in [0.5, 0.6) is 0 Å². The molecule has 0 aliphatic carbocycles. The van der Waals surface area contributed by atoms with E-state index in [9.17, 15) is 20.2 Å². The number of benzene rings is 2. The molecule has 0 spiro atoms. The first kappa shape index (κ1) is 16.5. The Morgan fingerprint density at radius 3 is 2.40 bits per heavy atom. The highest BCUT2D eigenvalue weighted by Gasteiger charge is 2.13.